The number of nitrogens with one attached hydrogen (secondary N) is 1. The van der Waals surface area contributed by atoms with E-state index in [1.807, 2.05) is 12.1 Å². The Bertz CT molecular complexity index is 520. The van der Waals surface area contributed by atoms with Crippen LogP contribution in [0.4, 0.5) is 0 Å². The number of hydrogen-bond acceptors (Lipinski definition) is 4. The van der Waals surface area contributed by atoms with Gasteiger partial charge >= 0.3 is 0 Å². The van der Waals surface area contributed by atoms with E-state index in [0.29, 0.717) is 31.2 Å². The maximum atomic E-state index is 12.6. The minimum absolute atomic E-state index is 0.364. The highest BCUT2D eigenvalue weighted by atomic mass is 32.2. The molecule has 0 saturated carbocycles. The fourth-order valence-electron chi connectivity index (χ4n) is 2.30. The van der Waals surface area contributed by atoms with E-state index in [4.69, 9.17) is 4.74 Å². The number of ether oxygens (including phenoxy) is 1. The molecule has 1 N–H and O–H groups in total. The summed E-state index contributed by atoms with van der Waals surface area (Å²) in [5.41, 5.74) is 1.10. The van der Waals surface area contributed by atoms with Crippen molar-refractivity contribution in [3.63, 3.8) is 0 Å². The molecule has 1 aromatic carbocycles. The maximum Gasteiger partial charge on any atom is 0.243 e. The highest BCUT2D eigenvalue weighted by Gasteiger charge is 2.25. The van der Waals surface area contributed by atoms with E-state index >= 15 is 0 Å². The van der Waals surface area contributed by atoms with Gasteiger partial charge in [0.05, 0.1) is 11.5 Å². The van der Waals surface area contributed by atoms with E-state index in [0.717, 1.165) is 31.5 Å². The van der Waals surface area contributed by atoms with Gasteiger partial charge < -0.3 is 10.1 Å². The predicted octanol–water partition coefficient (Wildman–Crippen LogP) is 1.60. The van der Waals surface area contributed by atoms with Crippen LogP contribution < -0.4 is 5.32 Å². The van der Waals surface area contributed by atoms with Crippen LogP contribution in [0, 0.1) is 0 Å². The lowest BCUT2D eigenvalue weighted by Gasteiger charge is -2.19. The summed E-state index contributed by atoms with van der Waals surface area (Å²) >= 11 is 0. The molecular weight excluding hydrogens is 288 g/mol. The Balaban J connectivity index is 2.05. The zero-order valence-corrected chi connectivity index (χ0v) is 13.4. The molecule has 0 unspecified atom stereocenters. The maximum absolute atomic E-state index is 12.6. The van der Waals surface area contributed by atoms with Crippen molar-refractivity contribution in [3.05, 3.63) is 29.8 Å². The first-order valence-corrected chi connectivity index (χ1v) is 8.96. The van der Waals surface area contributed by atoms with E-state index in [9.17, 15) is 8.42 Å². The molecule has 0 radical (unpaired) electrons. The van der Waals surface area contributed by atoms with Gasteiger partial charge in [-0.15, -0.1) is 0 Å². The Kier molecular flexibility index (Phi) is 6.17. The third-order valence-corrected chi connectivity index (χ3v) is 5.41. The van der Waals surface area contributed by atoms with Crippen LogP contribution >= 0.6 is 0 Å². The molecular formula is C15H24N2O3S. The zero-order valence-electron chi connectivity index (χ0n) is 12.5. The quantitative estimate of drug-likeness (QED) is 0.811. The molecule has 1 aliphatic rings. The van der Waals surface area contributed by atoms with Gasteiger partial charge in [0, 0.05) is 26.2 Å². The summed E-state index contributed by atoms with van der Waals surface area (Å²) in [6, 6.07) is 7.15. The van der Waals surface area contributed by atoms with Gasteiger partial charge in [-0.3, -0.25) is 0 Å². The molecule has 118 valence electrons. The predicted molar refractivity (Wildman–Crippen MR) is 82.6 cm³/mol. The highest BCUT2D eigenvalue weighted by Crippen LogP contribution is 2.17. The van der Waals surface area contributed by atoms with Crippen LogP contribution in [0.5, 0.6) is 0 Å². The molecule has 0 aliphatic carbocycles. The monoisotopic (exact) mass is 312 g/mol. The molecule has 0 bridgehead atoms. The van der Waals surface area contributed by atoms with Gasteiger partial charge in [-0.05, 0) is 37.1 Å². The molecule has 1 aromatic rings. The first kappa shape index (κ1) is 16.4. The third-order valence-electron chi connectivity index (χ3n) is 3.50. The van der Waals surface area contributed by atoms with E-state index in [1.54, 1.807) is 12.1 Å². The summed E-state index contributed by atoms with van der Waals surface area (Å²) in [6.07, 6.45) is 1.84. The van der Waals surface area contributed by atoms with Crippen LogP contribution in [0.3, 0.4) is 0 Å². The summed E-state index contributed by atoms with van der Waals surface area (Å²) < 4.78 is 32.0. The largest absolute Gasteiger partial charge is 0.380 e. The first-order valence-electron chi connectivity index (χ1n) is 7.52. The molecule has 0 amide bonds. The number of rotatable bonds is 6. The second kappa shape index (κ2) is 7.89. The average Bonchev–Trinajstić information content (AvgIpc) is 2.78. The van der Waals surface area contributed by atoms with Crippen molar-refractivity contribution in [1.29, 1.82) is 0 Å². The van der Waals surface area contributed by atoms with Crippen LogP contribution in [0.2, 0.25) is 0 Å². The van der Waals surface area contributed by atoms with Crippen molar-refractivity contribution < 1.29 is 13.2 Å². The lowest BCUT2D eigenvalue weighted by molar-refractivity contribution is 0.148. The van der Waals surface area contributed by atoms with Crippen molar-refractivity contribution in [3.8, 4) is 0 Å². The van der Waals surface area contributed by atoms with Gasteiger partial charge in [-0.2, -0.15) is 4.31 Å². The van der Waals surface area contributed by atoms with Gasteiger partial charge in [0.1, 0.15) is 0 Å². The van der Waals surface area contributed by atoms with Crippen molar-refractivity contribution >= 4 is 10.0 Å². The molecule has 1 fully saturated rings. The van der Waals surface area contributed by atoms with Gasteiger partial charge in [-0.1, -0.05) is 19.1 Å². The van der Waals surface area contributed by atoms with Crippen molar-refractivity contribution in [2.45, 2.75) is 31.2 Å². The van der Waals surface area contributed by atoms with Crippen molar-refractivity contribution in [1.82, 2.24) is 9.62 Å². The molecule has 2 rings (SSSR count). The fraction of sp³-hybridized carbons (Fsp3) is 0.600. The summed E-state index contributed by atoms with van der Waals surface area (Å²) in [7, 11) is -3.39. The lowest BCUT2D eigenvalue weighted by Crippen LogP contribution is -2.33. The van der Waals surface area contributed by atoms with Crippen LogP contribution in [0.1, 0.15) is 25.3 Å². The summed E-state index contributed by atoms with van der Waals surface area (Å²) in [5, 5.41) is 3.30. The molecule has 6 heteroatoms. The third kappa shape index (κ3) is 4.51. The Hall–Kier alpha value is -0.950. The molecule has 5 nitrogen and oxygen atoms in total. The molecule has 1 aliphatic heterocycles. The van der Waals surface area contributed by atoms with E-state index in [-0.39, 0.29) is 0 Å². The Morgan fingerprint density at radius 2 is 1.95 bits per heavy atom. The standard InChI is InChI=1S/C15H24N2O3S/c1-2-8-16-13-14-4-6-15(7-5-14)21(18,19)17-9-3-11-20-12-10-17/h4-7,16H,2-3,8-13H2,1H3. The Morgan fingerprint density at radius 3 is 2.67 bits per heavy atom. The molecule has 0 spiro atoms. The number of nitrogens with zero attached hydrogens (tertiary/aromatic N) is 1. The number of sulfonamides is 1. The molecule has 1 saturated heterocycles. The normalized spacial score (nSPS) is 17.6. The van der Waals surface area contributed by atoms with E-state index in [2.05, 4.69) is 12.2 Å². The van der Waals surface area contributed by atoms with Gasteiger partial charge in [0.25, 0.3) is 0 Å². The first-order chi connectivity index (χ1) is 10.1. The van der Waals surface area contributed by atoms with Crippen molar-refractivity contribution in [2.24, 2.45) is 0 Å². The second-order valence-corrected chi connectivity index (χ2v) is 7.13. The number of benzene rings is 1. The minimum atomic E-state index is -3.39. The van der Waals surface area contributed by atoms with Crippen LogP contribution in [-0.4, -0.2) is 45.6 Å². The van der Waals surface area contributed by atoms with Crippen LogP contribution in [0.15, 0.2) is 29.2 Å². The molecule has 0 atom stereocenters. The van der Waals surface area contributed by atoms with Crippen molar-refractivity contribution in [2.75, 3.05) is 32.8 Å². The SMILES string of the molecule is CCCNCc1ccc(S(=O)(=O)N2CCCOCC2)cc1. The fourth-order valence-corrected chi connectivity index (χ4v) is 3.76. The minimum Gasteiger partial charge on any atom is -0.380 e. The Labute approximate surface area is 127 Å². The van der Waals surface area contributed by atoms with Crippen LogP contribution in [-0.2, 0) is 21.3 Å². The summed E-state index contributed by atoms with van der Waals surface area (Å²) in [4.78, 5) is 0.364. The van der Waals surface area contributed by atoms with E-state index in [1.165, 1.54) is 4.31 Å². The Morgan fingerprint density at radius 1 is 1.19 bits per heavy atom. The van der Waals surface area contributed by atoms with E-state index < -0.39 is 10.0 Å². The second-order valence-electron chi connectivity index (χ2n) is 5.19. The number of hydrogen-bond donors (Lipinski definition) is 1. The summed E-state index contributed by atoms with van der Waals surface area (Å²) in [5.74, 6) is 0. The smallest absolute Gasteiger partial charge is 0.243 e. The van der Waals surface area contributed by atoms with Gasteiger partial charge in [0.15, 0.2) is 0 Å². The topological polar surface area (TPSA) is 58.6 Å². The molecule has 1 heterocycles. The van der Waals surface area contributed by atoms with Crippen LogP contribution in [0.25, 0.3) is 0 Å². The zero-order chi connectivity index (χ0) is 15.1. The van der Waals surface area contributed by atoms with Gasteiger partial charge in [0.2, 0.25) is 10.0 Å². The summed E-state index contributed by atoms with van der Waals surface area (Å²) in [6.45, 7) is 5.92. The molecule has 0 aromatic heterocycles. The van der Waals surface area contributed by atoms with Gasteiger partial charge in [-0.25, -0.2) is 8.42 Å². The lowest BCUT2D eigenvalue weighted by atomic mass is 10.2. The average molecular weight is 312 g/mol. The molecule has 21 heavy (non-hydrogen) atoms. The highest BCUT2D eigenvalue weighted by molar-refractivity contribution is 7.89.